The first-order valence-corrected chi connectivity index (χ1v) is 11.1. The number of hydrogen-bond donors (Lipinski definition) is 1. The molecule has 0 radical (unpaired) electrons. The van der Waals surface area contributed by atoms with Crippen molar-refractivity contribution >= 4 is 17.7 Å². The number of aryl methyl sites for hydroxylation is 1. The highest BCUT2D eigenvalue weighted by Crippen LogP contribution is 2.40. The van der Waals surface area contributed by atoms with E-state index in [1.54, 1.807) is 39.0 Å². The van der Waals surface area contributed by atoms with Crippen LogP contribution in [0, 0.1) is 12.7 Å². The van der Waals surface area contributed by atoms with Crippen LogP contribution in [-0.2, 0) is 20.8 Å². The third kappa shape index (κ3) is 5.61. The van der Waals surface area contributed by atoms with Gasteiger partial charge < -0.3 is 19.5 Å². The number of nitrogens with one attached hydrogen (secondary N) is 1. The number of nitrogens with zero attached hydrogens (tertiary/aromatic N) is 2. The molecule has 0 spiro atoms. The molecule has 36 heavy (non-hydrogen) atoms. The first-order valence-electron chi connectivity index (χ1n) is 11.1. The van der Waals surface area contributed by atoms with Gasteiger partial charge in [-0.1, -0.05) is 6.07 Å². The van der Waals surface area contributed by atoms with E-state index in [0.717, 1.165) is 4.68 Å². The van der Waals surface area contributed by atoms with Gasteiger partial charge in [-0.3, -0.25) is 9.48 Å². The summed E-state index contributed by atoms with van der Waals surface area (Å²) in [6, 6.07) is 10.4. The summed E-state index contributed by atoms with van der Waals surface area (Å²) >= 11 is 0. The molecule has 0 bridgehead atoms. The van der Waals surface area contributed by atoms with Crippen LogP contribution in [0.15, 0.2) is 42.5 Å². The minimum absolute atomic E-state index is 0.105. The van der Waals surface area contributed by atoms with Crippen LogP contribution in [0.4, 0.5) is 23.7 Å². The highest BCUT2D eigenvalue weighted by Gasteiger charge is 2.35. The van der Waals surface area contributed by atoms with Gasteiger partial charge in [0.2, 0.25) is 0 Å². The standard InChI is InChI=1S/C25H24F3N3O5/c1-14(2)36-24(33)35-13-25(27,28)12-31-23(16-4-7-18(26)8-5-16)22(15(3)30-31)17-6-9-20-19(10-17)29-21(32)11-34-20/h4-10,14H,11-13H2,1-3H3,(H,29,32). The molecule has 0 saturated heterocycles. The number of carbonyl (C=O) groups is 2. The van der Waals surface area contributed by atoms with E-state index in [4.69, 9.17) is 9.47 Å². The second-order valence-corrected chi connectivity index (χ2v) is 8.58. The highest BCUT2D eigenvalue weighted by molar-refractivity contribution is 5.97. The second kappa shape index (κ2) is 9.92. The number of aromatic nitrogens is 2. The Labute approximate surface area is 205 Å². The van der Waals surface area contributed by atoms with E-state index in [2.05, 4.69) is 15.2 Å². The number of fused-ring (bicyclic) bond motifs is 1. The van der Waals surface area contributed by atoms with Crippen LogP contribution in [0.25, 0.3) is 22.4 Å². The van der Waals surface area contributed by atoms with Gasteiger partial charge >= 0.3 is 12.1 Å². The molecule has 11 heteroatoms. The van der Waals surface area contributed by atoms with Crippen LogP contribution < -0.4 is 10.1 Å². The molecule has 2 aromatic carbocycles. The summed E-state index contributed by atoms with van der Waals surface area (Å²) in [5.41, 5.74) is 2.71. The molecule has 190 valence electrons. The fraction of sp³-hybridized carbons (Fsp3) is 0.320. The van der Waals surface area contributed by atoms with Crippen molar-refractivity contribution in [3.63, 3.8) is 0 Å². The quantitative estimate of drug-likeness (QED) is 0.446. The molecule has 1 aromatic heterocycles. The fourth-order valence-electron chi connectivity index (χ4n) is 3.84. The number of amides is 1. The van der Waals surface area contributed by atoms with Crippen molar-refractivity contribution in [1.82, 2.24) is 9.78 Å². The summed E-state index contributed by atoms with van der Waals surface area (Å²) in [5.74, 6) is -3.82. The zero-order chi connectivity index (χ0) is 26.0. The Morgan fingerprint density at radius 2 is 1.89 bits per heavy atom. The molecule has 1 aliphatic heterocycles. The Kier molecular flexibility index (Phi) is 6.91. The molecular weight excluding hydrogens is 479 g/mol. The van der Waals surface area contributed by atoms with E-state index in [-0.39, 0.29) is 12.5 Å². The first-order chi connectivity index (χ1) is 17.0. The SMILES string of the molecule is Cc1nn(CC(F)(F)COC(=O)OC(C)C)c(-c2ccc(F)cc2)c1-c1ccc2c(c1)NC(=O)CO2. The Morgan fingerprint density at radius 1 is 1.19 bits per heavy atom. The lowest BCUT2D eigenvalue weighted by molar-refractivity contribution is -0.118. The van der Waals surface area contributed by atoms with Crippen molar-refractivity contribution in [3.8, 4) is 28.1 Å². The van der Waals surface area contributed by atoms with Gasteiger partial charge in [0.1, 0.15) is 18.1 Å². The fourth-order valence-corrected chi connectivity index (χ4v) is 3.84. The summed E-state index contributed by atoms with van der Waals surface area (Å²) in [5, 5.41) is 7.05. The van der Waals surface area contributed by atoms with Gasteiger partial charge in [0.15, 0.2) is 13.2 Å². The van der Waals surface area contributed by atoms with Gasteiger partial charge in [0.25, 0.3) is 5.91 Å². The molecule has 0 atom stereocenters. The Balaban J connectivity index is 1.73. The number of anilines is 1. The molecule has 3 aromatic rings. The van der Waals surface area contributed by atoms with Gasteiger partial charge in [0, 0.05) is 11.1 Å². The molecular formula is C25H24F3N3O5. The smallest absolute Gasteiger partial charge is 0.482 e. The molecule has 1 N–H and O–H groups in total. The van der Waals surface area contributed by atoms with Crippen LogP contribution >= 0.6 is 0 Å². The molecule has 0 saturated carbocycles. The third-order valence-corrected chi connectivity index (χ3v) is 5.26. The lowest BCUT2D eigenvalue weighted by atomic mass is 9.98. The van der Waals surface area contributed by atoms with E-state index >= 15 is 0 Å². The third-order valence-electron chi connectivity index (χ3n) is 5.26. The monoisotopic (exact) mass is 503 g/mol. The van der Waals surface area contributed by atoms with Crippen LogP contribution in [0.5, 0.6) is 5.75 Å². The summed E-state index contributed by atoms with van der Waals surface area (Å²) in [4.78, 5) is 23.4. The average molecular weight is 503 g/mol. The average Bonchev–Trinajstić information content (AvgIpc) is 3.12. The molecule has 8 nitrogen and oxygen atoms in total. The molecule has 0 unspecified atom stereocenters. The van der Waals surface area contributed by atoms with Gasteiger partial charge in [-0.2, -0.15) is 5.10 Å². The number of halogens is 3. The maximum absolute atomic E-state index is 14.9. The van der Waals surface area contributed by atoms with E-state index in [1.807, 2.05) is 0 Å². The van der Waals surface area contributed by atoms with E-state index in [0.29, 0.717) is 39.5 Å². The lowest BCUT2D eigenvalue weighted by Crippen LogP contribution is -2.32. The van der Waals surface area contributed by atoms with E-state index < -0.39 is 37.2 Å². The normalized spacial score (nSPS) is 13.1. The second-order valence-electron chi connectivity index (χ2n) is 8.58. The van der Waals surface area contributed by atoms with Gasteiger partial charge in [0.05, 0.1) is 23.2 Å². The summed E-state index contributed by atoms with van der Waals surface area (Å²) in [6.45, 7) is 2.56. The molecule has 4 rings (SSSR count). The number of rotatable bonds is 7. The van der Waals surface area contributed by atoms with Crippen molar-refractivity contribution in [2.75, 3.05) is 18.5 Å². The van der Waals surface area contributed by atoms with Crippen molar-refractivity contribution in [2.45, 2.75) is 39.3 Å². The van der Waals surface area contributed by atoms with Crippen LogP contribution in [0.2, 0.25) is 0 Å². The minimum atomic E-state index is -3.49. The molecule has 1 amide bonds. The first kappa shape index (κ1) is 25.1. The Hall–Kier alpha value is -4.02. The Morgan fingerprint density at radius 3 is 2.58 bits per heavy atom. The predicted octanol–water partition coefficient (Wildman–Crippen LogP) is 5.19. The summed E-state index contributed by atoms with van der Waals surface area (Å²) < 4.78 is 59.2. The van der Waals surface area contributed by atoms with E-state index in [9.17, 15) is 22.8 Å². The summed E-state index contributed by atoms with van der Waals surface area (Å²) in [7, 11) is 0. The number of benzene rings is 2. The van der Waals surface area contributed by atoms with Crippen molar-refractivity contribution in [1.29, 1.82) is 0 Å². The van der Waals surface area contributed by atoms with Gasteiger partial charge in [-0.25, -0.2) is 18.0 Å². The predicted molar refractivity (Wildman–Crippen MR) is 124 cm³/mol. The topological polar surface area (TPSA) is 91.7 Å². The number of alkyl halides is 2. The zero-order valence-corrected chi connectivity index (χ0v) is 19.8. The van der Waals surface area contributed by atoms with Crippen molar-refractivity contribution < 1.29 is 37.0 Å². The summed E-state index contributed by atoms with van der Waals surface area (Å²) in [6.07, 6.45) is -1.71. The van der Waals surface area contributed by atoms with Gasteiger partial charge in [-0.15, -0.1) is 0 Å². The molecule has 2 heterocycles. The van der Waals surface area contributed by atoms with Crippen LogP contribution in [0.1, 0.15) is 19.5 Å². The molecule has 1 aliphatic rings. The Bertz CT molecular complexity index is 1290. The zero-order valence-electron chi connectivity index (χ0n) is 19.8. The maximum atomic E-state index is 14.9. The highest BCUT2D eigenvalue weighted by atomic mass is 19.3. The number of carbonyl (C=O) groups excluding carboxylic acids is 2. The minimum Gasteiger partial charge on any atom is -0.482 e. The lowest BCUT2D eigenvalue weighted by Gasteiger charge is -2.20. The van der Waals surface area contributed by atoms with Crippen molar-refractivity contribution in [3.05, 3.63) is 54.0 Å². The van der Waals surface area contributed by atoms with E-state index in [1.165, 1.54) is 24.3 Å². The van der Waals surface area contributed by atoms with Crippen LogP contribution in [0.3, 0.4) is 0 Å². The van der Waals surface area contributed by atoms with Gasteiger partial charge in [-0.05, 0) is 62.7 Å². The largest absolute Gasteiger partial charge is 0.508 e. The molecule has 0 fully saturated rings. The maximum Gasteiger partial charge on any atom is 0.508 e. The number of ether oxygens (including phenoxy) is 3. The molecule has 0 aliphatic carbocycles. The van der Waals surface area contributed by atoms with Crippen molar-refractivity contribution in [2.24, 2.45) is 0 Å². The number of hydrogen-bond acceptors (Lipinski definition) is 6. The van der Waals surface area contributed by atoms with Crippen LogP contribution in [-0.4, -0.2) is 47.1 Å².